The number of rotatable bonds is 3. The van der Waals surface area contributed by atoms with Gasteiger partial charge in [-0.3, -0.25) is 4.79 Å². The van der Waals surface area contributed by atoms with Crippen molar-refractivity contribution in [3.05, 3.63) is 39.8 Å². The molecule has 0 saturated heterocycles. The smallest absolute Gasteiger partial charge is 0.279 e. The minimum atomic E-state index is -0.551. The summed E-state index contributed by atoms with van der Waals surface area (Å²) < 4.78 is 0. The van der Waals surface area contributed by atoms with Crippen molar-refractivity contribution < 1.29 is 4.79 Å². The van der Waals surface area contributed by atoms with E-state index in [-0.39, 0.29) is 5.01 Å². The summed E-state index contributed by atoms with van der Waals surface area (Å²) in [6, 6.07) is 7.52. The van der Waals surface area contributed by atoms with E-state index in [1.54, 1.807) is 0 Å². The van der Waals surface area contributed by atoms with Crippen LogP contribution in [0.25, 0.3) is 0 Å². The van der Waals surface area contributed by atoms with Crippen LogP contribution in [0.15, 0.2) is 24.3 Å². The van der Waals surface area contributed by atoms with Crippen LogP contribution in [0.5, 0.6) is 0 Å². The molecular formula is C10H10N4OS. The number of primary amides is 1. The molecule has 0 unspecified atom stereocenters. The predicted octanol–water partition coefficient (Wildman–Crippen LogP) is 0.810. The number of benzene rings is 1. The molecule has 0 fully saturated rings. The lowest BCUT2D eigenvalue weighted by molar-refractivity contribution is 0.0999. The maximum atomic E-state index is 10.8. The molecule has 0 aliphatic rings. The molecule has 0 radical (unpaired) electrons. The third-order valence-corrected chi connectivity index (χ3v) is 3.01. The quantitative estimate of drug-likeness (QED) is 0.768. The lowest BCUT2D eigenvalue weighted by Gasteiger charge is -2.01. The van der Waals surface area contributed by atoms with E-state index in [2.05, 4.69) is 10.2 Å². The molecule has 1 heterocycles. The van der Waals surface area contributed by atoms with E-state index in [4.69, 9.17) is 11.5 Å². The van der Waals surface area contributed by atoms with Gasteiger partial charge in [0.05, 0.1) is 0 Å². The molecule has 5 nitrogen and oxygen atoms in total. The van der Waals surface area contributed by atoms with Crippen molar-refractivity contribution >= 4 is 22.9 Å². The van der Waals surface area contributed by atoms with E-state index >= 15 is 0 Å². The number of anilines is 1. The van der Waals surface area contributed by atoms with Crippen molar-refractivity contribution in [3.63, 3.8) is 0 Å². The van der Waals surface area contributed by atoms with Crippen LogP contribution in [0, 0.1) is 0 Å². The van der Waals surface area contributed by atoms with Crippen molar-refractivity contribution in [2.75, 3.05) is 5.73 Å². The molecular weight excluding hydrogens is 224 g/mol. The third kappa shape index (κ3) is 2.17. The molecule has 1 aromatic heterocycles. The summed E-state index contributed by atoms with van der Waals surface area (Å²) in [5.41, 5.74) is 12.6. The molecule has 4 N–H and O–H groups in total. The van der Waals surface area contributed by atoms with E-state index in [0.29, 0.717) is 12.1 Å². The van der Waals surface area contributed by atoms with Crippen LogP contribution in [0.1, 0.15) is 20.4 Å². The molecule has 0 atom stereocenters. The average Bonchev–Trinajstić information content (AvgIpc) is 2.70. The number of aromatic nitrogens is 2. The Hall–Kier alpha value is -1.95. The Kier molecular flexibility index (Phi) is 2.82. The van der Waals surface area contributed by atoms with Gasteiger partial charge in [-0.25, -0.2) is 0 Å². The summed E-state index contributed by atoms with van der Waals surface area (Å²) >= 11 is 1.19. The molecule has 1 aromatic carbocycles. The largest absolute Gasteiger partial charge is 0.398 e. The molecule has 0 aliphatic carbocycles. The van der Waals surface area contributed by atoms with E-state index < -0.39 is 5.91 Å². The first-order valence-corrected chi connectivity index (χ1v) is 5.44. The lowest BCUT2D eigenvalue weighted by Crippen LogP contribution is -2.10. The molecule has 0 aliphatic heterocycles. The molecule has 2 rings (SSSR count). The zero-order valence-corrected chi connectivity index (χ0v) is 9.20. The Morgan fingerprint density at radius 3 is 2.69 bits per heavy atom. The summed E-state index contributed by atoms with van der Waals surface area (Å²) in [6.45, 7) is 0. The molecule has 0 spiro atoms. The first kappa shape index (κ1) is 10.6. The van der Waals surface area contributed by atoms with Crippen molar-refractivity contribution in [2.24, 2.45) is 5.73 Å². The predicted molar refractivity (Wildman–Crippen MR) is 62.1 cm³/mol. The minimum Gasteiger partial charge on any atom is -0.398 e. The minimum absolute atomic E-state index is 0.226. The fourth-order valence-corrected chi connectivity index (χ4v) is 2.00. The Morgan fingerprint density at radius 1 is 1.31 bits per heavy atom. The maximum absolute atomic E-state index is 10.8. The highest BCUT2D eigenvalue weighted by atomic mass is 32.1. The van der Waals surface area contributed by atoms with Gasteiger partial charge in [0.2, 0.25) is 5.01 Å². The van der Waals surface area contributed by atoms with Crippen LogP contribution < -0.4 is 11.5 Å². The number of hydrogen-bond donors (Lipinski definition) is 2. The highest BCUT2D eigenvalue weighted by molar-refractivity contribution is 7.13. The SMILES string of the molecule is NC(=O)c1nnc(Cc2ccccc2N)s1. The zero-order valence-electron chi connectivity index (χ0n) is 8.38. The Bertz CT molecular complexity index is 523. The summed E-state index contributed by atoms with van der Waals surface area (Å²) in [7, 11) is 0. The molecule has 82 valence electrons. The Morgan fingerprint density at radius 2 is 2.06 bits per heavy atom. The highest BCUT2D eigenvalue weighted by Crippen LogP contribution is 2.18. The van der Waals surface area contributed by atoms with Crippen LogP contribution in [0.3, 0.4) is 0 Å². The second-order valence-electron chi connectivity index (χ2n) is 3.24. The van der Waals surface area contributed by atoms with Gasteiger partial charge in [0.1, 0.15) is 5.01 Å². The number of hydrogen-bond acceptors (Lipinski definition) is 5. The van der Waals surface area contributed by atoms with Gasteiger partial charge in [0, 0.05) is 12.1 Å². The summed E-state index contributed by atoms with van der Waals surface area (Å²) in [6.07, 6.45) is 0.567. The van der Waals surface area contributed by atoms with Crippen molar-refractivity contribution in [3.8, 4) is 0 Å². The van der Waals surface area contributed by atoms with Gasteiger partial charge >= 0.3 is 0 Å². The highest BCUT2D eigenvalue weighted by Gasteiger charge is 2.10. The van der Waals surface area contributed by atoms with Gasteiger partial charge in [-0.1, -0.05) is 29.5 Å². The van der Waals surface area contributed by atoms with E-state index in [0.717, 1.165) is 10.6 Å². The normalized spacial score (nSPS) is 10.2. The first-order chi connectivity index (χ1) is 7.66. The fraction of sp³-hybridized carbons (Fsp3) is 0.100. The van der Waals surface area contributed by atoms with Gasteiger partial charge in [-0.2, -0.15) is 0 Å². The summed E-state index contributed by atoms with van der Waals surface area (Å²) in [5, 5.41) is 8.54. The Balaban J connectivity index is 2.21. The van der Waals surface area contributed by atoms with Crippen LogP contribution in [0.4, 0.5) is 5.69 Å². The van der Waals surface area contributed by atoms with Gasteiger partial charge in [-0.05, 0) is 11.6 Å². The number of amides is 1. The van der Waals surface area contributed by atoms with Crippen molar-refractivity contribution in [1.29, 1.82) is 0 Å². The van der Waals surface area contributed by atoms with Crippen LogP contribution in [0.2, 0.25) is 0 Å². The number of para-hydroxylation sites is 1. The van der Waals surface area contributed by atoms with Crippen LogP contribution >= 0.6 is 11.3 Å². The zero-order chi connectivity index (χ0) is 11.5. The van der Waals surface area contributed by atoms with E-state index in [1.165, 1.54) is 11.3 Å². The second-order valence-corrected chi connectivity index (χ2v) is 4.30. The molecule has 6 heteroatoms. The third-order valence-electron chi connectivity index (χ3n) is 2.07. The average molecular weight is 234 g/mol. The maximum Gasteiger partial charge on any atom is 0.279 e. The van der Waals surface area contributed by atoms with Gasteiger partial charge < -0.3 is 11.5 Å². The molecule has 16 heavy (non-hydrogen) atoms. The van der Waals surface area contributed by atoms with Crippen molar-refractivity contribution in [1.82, 2.24) is 10.2 Å². The first-order valence-electron chi connectivity index (χ1n) is 4.62. The molecule has 0 saturated carbocycles. The number of carbonyl (C=O) groups excluding carboxylic acids is 1. The van der Waals surface area contributed by atoms with Gasteiger partial charge in [0.15, 0.2) is 0 Å². The number of nitrogen functional groups attached to an aromatic ring is 1. The summed E-state index contributed by atoms with van der Waals surface area (Å²) in [4.78, 5) is 10.8. The number of nitrogens with zero attached hydrogens (tertiary/aromatic N) is 2. The topological polar surface area (TPSA) is 94.9 Å². The summed E-state index contributed by atoms with van der Waals surface area (Å²) in [5.74, 6) is -0.551. The second kappa shape index (κ2) is 4.28. The monoisotopic (exact) mass is 234 g/mol. The molecule has 2 aromatic rings. The van der Waals surface area contributed by atoms with Crippen molar-refractivity contribution in [2.45, 2.75) is 6.42 Å². The van der Waals surface area contributed by atoms with E-state index in [1.807, 2.05) is 24.3 Å². The van der Waals surface area contributed by atoms with Gasteiger partial charge in [-0.15, -0.1) is 10.2 Å². The molecule has 1 amide bonds. The molecule has 0 bridgehead atoms. The van der Waals surface area contributed by atoms with Crippen LogP contribution in [-0.2, 0) is 6.42 Å². The standard InChI is InChI=1S/C10H10N4OS/c11-7-4-2-1-3-6(7)5-8-13-14-10(16-8)9(12)15/h1-4H,5,11H2,(H2,12,15). The van der Waals surface area contributed by atoms with Crippen LogP contribution in [-0.4, -0.2) is 16.1 Å². The lowest BCUT2D eigenvalue weighted by atomic mass is 10.1. The number of nitrogens with two attached hydrogens (primary N) is 2. The number of carbonyl (C=O) groups is 1. The Labute approximate surface area is 96.1 Å². The fourth-order valence-electron chi connectivity index (χ4n) is 1.28. The van der Waals surface area contributed by atoms with Gasteiger partial charge in [0.25, 0.3) is 5.91 Å². The van der Waals surface area contributed by atoms with E-state index in [9.17, 15) is 4.79 Å².